The number of hydrogen-bond donors (Lipinski definition) is 3. The quantitative estimate of drug-likeness (QED) is 0.443. The Bertz CT molecular complexity index is 1100. The third kappa shape index (κ3) is 4.26. The summed E-state index contributed by atoms with van der Waals surface area (Å²) in [5, 5.41) is 20.9. The molecule has 5 nitrogen and oxygen atoms in total. The predicted molar refractivity (Wildman–Crippen MR) is 101 cm³/mol. The molecule has 2 heterocycles. The van der Waals surface area contributed by atoms with Gasteiger partial charge in [-0.3, -0.25) is 4.79 Å². The van der Waals surface area contributed by atoms with Gasteiger partial charge in [0, 0.05) is 6.54 Å². The summed E-state index contributed by atoms with van der Waals surface area (Å²) in [6, 6.07) is 5.39. The van der Waals surface area contributed by atoms with Crippen LogP contribution >= 0.6 is 11.3 Å². The Kier molecular flexibility index (Phi) is 5.66. The number of aromatic nitrogens is 1. The second-order valence-electron chi connectivity index (χ2n) is 6.49. The molecule has 0 aliphatic heterocycles. The lowest BCUT2D eigenvalue weighted by Crippen LogP contribution is -2.31. The lowest BCUT2D eigenvalue weighted by molar-refractivity contribution is -0.141. The van der Waals surface area contributed by atoms with Gasteiger partial charge < -0.3 is 15.4 Å². The van der Waals surface area contributed by atoms with Crippen LogP contribution in [0, 0.1) is 19.7 Å². The average molecular weight is 426 g/mol. The van der Waals surface area contributed by atoms with Crippen molar-refractivity contribution < 1.29 is 32.4 Å². The summed E-state index contributed by atoms with van der Waals surface area (Å²) in [6.07, 6.45) is -4.68. The topological polar surface area (TPSA) is 82.5 Å². The Morgan fingerprint density at radius 1 is 1.21 bits per heavy atom. The van der Waals surface area contributed by atoms with Gasteiger partial charge in [0.05, 0.1) is 5.39 Å². The van der Waals surface area contributed by atoms with E-state index in [1.54, 1.807) is 13.0 Å². The van der Waals surface area contributed by atoms with E-state index in [9.17, 15) is 32.4 Å². The molecule has 3 aromatic rings. The molecule has 0 saturated carbocycles. The fraction of sp³-hybridized carbons (Fsp3) is 0.222. The van der Waals surface area contributed by atoms with E-state index >= 15 is 0 Å². The van der Waals surface area contributed by atoms with Gasteiger partial charge in [-0.05, 0) is 42.1 Å². The lowest BCUT2D eigenvalue weighted by atomic mass is 9.79. The molecule has 152 valence electrons. The van der Waals surface area contributed by atoms with E-state index in [1.807, 2.05) is 0 Å². The molecular formula is C18H15BF4N2O3S. The molecule has 1 amide bonds. The molecule has 0 atom stereocenters. The highest BCUT2D eigenvalue weighted by molar-refractivity contribution is 7.20. The van der Waals surface area contributed by atoms with E-state index in [0.29, 0.717) is 16.9 Å². The van der Waals surface area contributed by atoms with Crippen LogP contribution in [0.3, 0.4) is 0 Å². The fourth-order valence-electron chi connectivity index (χ4n) is 2.83. The van der Waals surface area contributed by atoms with Crippen LogP contribution in [0.5, 0.6) is 0 Å². The van der Waals surface area contributed by atoms with Gasteiger partial charge in [0.15, 0.2) is 5.82 Å². The second-order valence-corrected chi connectivity index (χ2v) is 7.49. The highest BCUT2D eigenvalue weighted by Crippen LogP contribution is 2.36. The number of benzene rings is 1. The third-order valence-electron chi connectivity index (χ3n) is 4.41. The summed E-state index contributed by atoms with van der Waals surface area (Å²) in [5.41, 5.74) is 0.465. The Morgan fingerprint density at radius 2 is 1.90 bits per heavy atom. The van der Waals surface area contributed by atoms with E-state index in [2.05, 4.69) is 10.3 Å². The Labute approximate surface area is 167 Å². The summed E-state index contributed by atoms with van der Waals surface area (Å²) in [7, 11) is -1.68. The predicted octanol–water partition coefficient (Wildman–Crippen LogP) is 2.68. The third-order valence-corrected chi connectivity index (χ3v) is 5.47. The number of aryl methyl sites for hydroxylation is 2. The van der Waals surface area contributed by atoms with Crippen LogP contribution in [0.15, 0.2) is 24.3 Å². The van der Waals surface area contributed by atoms with Gasteiger partial charge in [-0.1, -0.05) is 18.2 Å². The summed E-state index contributed by atoms with van der Waals surface area (Å²) in [4.78, 5) is 15.3. The maximum Gasteiger partial charge on any atom is 0.488 e. The normalized spacial score (nSPS) is 11.7. The monoisotopic (exact) mass is 426 g/mol. The van der Waals surface area contributed by atoms with Crippen LogP contribution in [-0.4, -0.2) is 28.1 Å². The number of nitrogens with zero attached hydrogens (tertiary/aromatic N) is 1. The summed E-state index contributed by atoms with van der Waals surface area (Å²) >= 11 is 0.546. The largest absolute Gasteiger partial charge is 0.488 e. The van der Waals surface area contributed by atoms with Crippen molar-refractivity contribution in [3.63, 3.8) is 0 Å². The summed E-state index contributed by atoms with van der Waals surface area (Å²) in [6.45, 7) is 3.05. The molecule has 11 heteroatoms. The zero-order valence-electron chi connectivity index (χ0n) is 15.3. The highest BCUT2D eigenvalue weighted by atomic mass is 32.1. The van der Waals surface area contributed by atoms with E-state index in [4.69, 9.17) is 0 Å². The van der Waals surface area contributed by atoms with E-state index in [0.717, 1.165) is 11.6 Å². The zero-order chi connectivity index (χ0) is 21.5. The smallest absolute Gasteiger partial charge is 0.423 e. The van der Waals surface area contributed by atoms with Crippen molar-refractivity contribution in [1.29, 1.82) is 0 Å². The first kappa shape index (κ1) is 21.2. The van der Waals surface area contributed by atoms with Crippen LogP contribution in [0.4, 0.5) is 17.6 Å². The minimum Gasteiger partial charge on any atom is -0.423 e. The van der Waals surface area contributed by atoms with Crippen molar-refractivity contribution >= 4 is 40.0 Å². The number of carbonyl (C=O) groups excluding carboxylic acids is 1. The van der Waals surface area contributed by atoms with Gasteiger partial charge in [0.25, 0.3) is 5.91 Å². The minimum atomic E-state index is -4.68. The SMILES string of the molecule is Cc1ccc(B(O)O)cc1CNC(=O)c1sc2nc(C(F)(F)F)cc(C)c2c1F. The van der Waals surface area contributed by atoms with E-state index < -0.39 is 30.7 Å². The molecule has 0 bridgehead atoms. The summed E-state index contributed by atoms with van der Waals surface area (Å²) < 4.78 is 53.5. The molecule has 3 rings (SSSR count). The van der Waals surface area contributed by atoms with Gasteiger partial charge in [-0.25, -0.2) is 9.37 Å². The molecule has 3 N–H and O–H groups in total. The van der Waals surface area contributed by atoms with Crippen molar-refractivity contribution in [3.8, 4) is 0 Å². The van der Waals surface area contributed by atoms with Gasteiger partial charge in [0.1, 0.15) is 15.4 Å². The number of pyridine rings is 1. The number of thiophene rings is 1. The maximum absolute atomic E-state index is 14.7. The first-order valence-electron chi connectivity index (χ1n) is 8.39. The number of alkyl halides is 3. The first-order valence-corrected chi connectivity index (χ1v) is 9.21. The number of amides is 1. The van der Waals surface area contributed by atoms with Crippen molar-refractivity contribution in [2.24, 2.45) is 0 Å². The van der Waals surface area contributed by atoms with Crippen LogP contribution < -0.4 is 10.8 Å². The number of carbonyl (C=O) groups is 1. The Morgan fingerprint density at radius 3 is 2.52 bits per heavy atom. The highest BCUT2D eigenvalue weighted by Gasteiger charge is 2.34. The molecule has 1 aromatic carbocycles. The first-order chi connectivity index (χ1) is 13.5. The number of nitrogens with one attached hydrogen (secondary N) is 1. The van der Waals surface area contributed by atoms with Crippen molar-refractivity contribution in [3.05, 3.63) is 57.3 Å². The van der Waals surface area contributed by atoms with Crippen LogP contribution in [-0.2, 0) is 12.7 Å². The van der Waals surface area contributed by atoms with Crippen molar-refractivity contribution in [1.82, 2.24) is 10.3 Å². The molecule has 0 aliphatic carbocycles. The lowest BCUT2D eigenvalue weighted by Gasteiger charge is -2.09. The Hall–Kier alpha value is -2.50. The number of fused-ring (bicyclic) bond motifs is 1. The van der Waals surface area contributed by atoms with Crippen molar-refractivity contribution in [2.45, 2.75) is 26.6 Å². The van der Waals surface area contributed by atoms with Gasteiger partial charge in [-0.15, -0.1) is 11.3 Å². The molecule has 0 fully saturated rings. The number of halogens is 4. The molecule has 0 unspecified atom stereocenters. The average Bonchev–Trinajstić information content (AvgIpc) is 2.97. The van der Waals surface area contributed by atoms with Crippen LogP contribution in [0.1, 0.15) is 32.1 Å². The molecule has 2 aromatic heterocycles. The van der Waals surface area contributed by atoms with E-state index in [-0.39, 0.29) is 32.7 Å². The standard InChI is InChI=1S/C18H15BF4N2O3S/c1-8-3-4-11(19(27)28)6-10(8)7-24-16(26)15-14(20)13-9(2)5-12(18(21,22)23)25-17(13)29-15/h3-6,27-28H,7H2,1-2H3,(H,24,26). The fourth-order valence-corrected chi connectivity index (χ4v) is 3.88. The van der Waals surface area contributed by atoms with E-state index in [1.165, 1.54) is 19.1 Å². The van der Waals surface area contributed by atoms with Crippen LogP contribution in [0.2, 0.25) is 0 Å². The molecule has 0 radical (unpaired) electrons. The number of hydrogen-bond acceptors (Lipinski definition) is 5. The minimum absolute atomic E-state index is 0.0286. The molecule has 0 aliphatic rings. The zero-order valence-corrected chi connectivity index (χ0v) is 16.1. The second kappa shape index (κ2) is 7.73. The van der Waals surface area contributed by atoms with Gasteiger partial charge in [0.2, 0.25) is 0 Å². The maximum atomic E-state index is 14.7. The number of rotatable bonds is 4. The summed E-state index contributed by atoms with van der Waals surface area (Å²) in [5.74, 6) is -1.72. The van der Waals surface area contributed by atoms with Gasteiger partial charge in [-0.2, -0.15) is 13.2 Å². The molecule has 0 saturated heterocycles. The van der Waals surface area contributed by atoms with Crippen molar-refractivity contribution in [2.75, 3.05) is 0 Å². The Balaban J connectivity index is 1.89. The molecule has 29 heavy (non-hydrogen) atoms. The molecular weight excluding hydrogens is 411 g/mol. The van der Waals surface area contributed by atoms with Gasteiger partial charge >= 0.3 is 13.3 Å². The van der Waals surface area contributed by atoms with Crippen LogP contribution in [0.25, 0.3) is 10.2 Å². The molecule has 0 spiro atoms.